The molecule has 1 aromatic rings. The summed E-state index contributed by atoms with van der Waals surface area (Å²) in [6, 6.07) is 1.86. The SMILES string of the molecule is NCC(=O)c1cc(O)c(O)cc1O. The molecule has 13 heavy (non-hydrogen) atoms. The van der Waals surface area contributed by atoms with Crippen molar-refractivity contribution in [2.45, 2.75) is 0 Å². The maximum absolute atomic E-state index is 11.0. The number of rotatable bonds is 2. The van der Waals surface area contributed by atoms with E-state index in [9.17, 15) is 4.79 Å². The summed E-state index contributed by atoms with van der Waals surface area (Å²) in [7, 11) is 0. The molecule has 0 bridgehead atoms. The molecule has 0 saturated heterocycles. The number of hydrogen-bond acceptors (Lipinski definition) is 5. The predicted molar refractivity (Wildman–Crippen MR) is 44.8 cm³/mol. The van der Waals surface area contributed by atoms with Crippen molar-refractivity contribution in [2.75, 3.05) is 6.54 Å². The molecular formula is C8H9NO4. The minimum absolute atomic E-state index is 0.0993. The molecular weight excluding hydrogens is 174 g/mol. The number of carbonyl (C=O) groups excluding carboxylic acids is 1. The fraction of sp³-hybridized carbons (Fsp3) is 0.125. The minimum atomic E-state index is -0.507. The lowest BCUT2D eigenvalue weighted by atomic mass is 10.1. The second-order valence-electron chi connectivity index (χ2n) is 2.49. The zero-order valence-electron chi connectivity index (χ0n) is 6.69. The van der Waals surface area contributed by atoms with Crippen LogP contribution >= 0.6 is 0 Å². The number of aromatic hydroxyl groups is 3. The molecule has 0 aliphatic rings. The number of nitrogens with two attached hydrogens (primary N) is 1. The van der Waals surface area contributed by atoms with E-state index in [1.165, 1.54) is 0 Å². The smallest absolute Gasteiger partial charge is 0.180 e. The Morgan fingerprint density at radius 2 is 1.69 bits per heavy atom. The number of Topliss-reactive ketones (excluding diaryl/α,β-unsaturated/α-hetero) is 1. The Kier molecular flexibility index (Phi) is 2.39. The zero-order valence-corrected chi connectivity index (χ0v) is 6.69. The second kappa shape index (κ2) is 3.32. The summed E-state index contributed by atoms with van der Waals surface area (Å²) in [6.07, 6.45) is 0. The number of ketones is 1. The summed E-state index contributed by atoms with van der Waals surface area (Å²) in [5.74, 6) is -1.85. The molecule has 1 rings (SSSR count). The second-order valence-corrected chi connectivity index (χ2v) is 2.49. The standard InChI is InChI=1S/C8H9NO4/c9-3-8(13)4-1-6(11)7(12)2-5(4)10/h1-2,10-12H,3,9H2. The highest BCUT2D eigenvalue weighted by Crippen LogP contribution is 2.32. The van der Waals surface area contributed by atoms with Gasteiger partial charge in [-0.3, -0.25) is 4.79 Å². The molecule has 0 radical (unpaired) electrons. The van der Waals surface area contributed by atoms with Crippen LogP contribution in [0.3, 0.4) is 0 Å². The van der Waals surface area contributed by atoms with Crippen LogP contribution in [0.4, 0.5) is 0 Å². The molecule has 0 atom stereocenters. The summed E-state index contributed by atoms with van der Waals surface area (Å²) in [5.41, 5.74) is 4.96. The number of benzene rings is 1. The monoisotopic (exact) mass is 183 g/mol. The van der Waals surface area contributed by atoms with Crippen LogP contribution in [0.25, 0.3) is 0 Å². The molecule has 5 N–H and O–H groups in total. The predicted octanol–water partition coefficient (Wildman–Crippen LogP) is -0.0552. The van der Waals surface area contributed by atoms with E-state index in [1.807, 2.05) is 0 Å². The highest BCUT2D eigenvalue weighted by molar-refractivity contribution is 6.00. The number of phenols is 3. The molecule has 0 aliphatic heterocycles. The van der Waals surface area contributed by atoms with Crippen LogP contribution in [0, 0.1) is 0 Å². The summed E-state index contributed by atoms with van der Waals surface area (Å²) in [6.45, 7) is -0.266. The molecule has 0 saturated carbocycles. The van der Waals surface area contributed by atoms with Gasteiger partial charge in [-0.15, -0.1) is 0 Å². The summed E-state index contributed by atoms with van der Waals surface area (Å²) in [5, 5.41) is 27.1. The number of phenolic OH excluding ortho intramolecular Hbond substituents is 3. The lowest BCUT2D eigenvalue weighted by molar-refractivity contribution is 0.0998. The van der Waals surface area contributed by atoms with Crippen molar-refractivity contribution in [3.05, 3.63) is 17.7 Å². The molecule has 70 valence electrons. The third-order valence-corrected chi connectivity index (χ3v) is 1.58. The Morgan fingerprint density at radius 1 is 1.15 bits per heavy atom. The van der Waals surface area contributed by atoms with Crippen LogP contribution in [0.15, 0.2) is 12.1 Å². The minimum Gasteiger partial charge on any atom is -0.507 e. The highest BCUT2D eigenvalue weighted by atomic mass is 16.3. The van der Waals surface area contributed by atoms with Gasteiger partial charge in [-0.1, -0.05) is 0 Å². The maximum Gasteiger partial charge on any atom is 0.180 e. The van der Waals surface area contributed by atoms with Gasteiger partial charge in [0.05, 0.1) is 12.1 Å². The molecule has 0 heterocycles. The number of hydrogen-bond donors (Lipinski definition) is 4. The Balaban J connectivity index is 3.23. The summed E-state index contributed by atoms with van der Waals surface area (Å²) < 4.78 is 0. The van der Waals surface area contributed by atoms with Gasteiger partial charge in [0, 0.05) is 6.07 Å². The third kappa shape index (κ3) is 1.70. The molecule has 0 aromatic heterocycles. The molecule has 0 fully saturated rings. The van der Waals surface area contributed by atoms with Gasteiger partial charge in [-0.25, -0.2) is 0 Å². The van der Waals surface area contributed by atoms with E-state index in [4.69, 9.17) is 21.1 Å². The third-order valence-electron chi connectivity index (χ3n) is 1.58. The van der Waals surface area contributed by atoms with E-state index < -0.39 is 23.0 Å². The van der Waals surface area contributed by atoms with Crippen LogP contribution in [0.1, 0.15) is 10.4 Å². The normalized spacial score (nSPS) is 9.92. The van der Waals surface area contributed by atoms with E-state index in [0.717, 1.165) is 12.1 Å². The van der Waals surface area contributed by atoms with Crippen molar-refractivity contribution < 1.29 is 20.1 Å². The first-order valence-corrected chi connectivity index (χ1v) is 3.54. The van der Waals surface area contributed by atoms with Crippen LogP contribution in [0.2, 0.25) is 0 Å². The van der Waals surface area contributed by atoms with Crippen LogP contribution in [-0.2, 0) is 0 Å². The molecule has 5 heteroatoms. The van der Waals surface area contributed by atoms with Gasteiger partial charge < -0.3 is 21.1 Å². The molecule has 0 spiro atoms. The first-order valence-electron chi connectivity index (χ1n) is 3.54. The van der Waals surface area contributed by atoms with Crippen molar-refractivity contribution in [2.24, 2.45) is 5.73 Å². The van der Waals surface area contributed by atoms with E-state index >= 15 is 0 Å². The fourth-order valence-electron chi connectivity index (χ4n) is 0.899. The first kappa shape index (κ1) is 9.34. The molecule has 1 aromatic carbocycles. The van der Waals surface area contributed by atoms with E-state index in [0.29, 0.717) is 0 Å². The van der Waals surface area contributed by atoms with Gasteiger partial charge >= 0.3 is 0 Å². The summed E-state index contributed by atoms with van der Waals surface area (Å²) in [4.78, 5) is 11.0. The number of carbonyl (C=O) groups is 1. The average Bonchev–Trinajstić information content (AvgIpc) is 2.10. The molecule has 0 amide bonds. The van der Waals surface area contributed by atoms with Gasteiger partial charge in [-0.2, -0.15) is 0 Å². The van der Waals surface area contributed by atoms with Crippen LogP contribution in [-0.4, -0.2) is 27.6 Å². The van der Waals surface area contributed by atoms with E-state index in [-0.39, 0.29) is 12.1 Å². The quantitative estimate of drug-likeness (QED) is 0.292. The van der Waals surface area contributed by atoms with E-state index in [2.05, 4.69) is 0 Å². The van der Waals surface area contributed by atoms with Gasteiger partial charge in [-0.05, 0) is 6.07 Å². The van der Waals surface area contributed by atoms with Gasteiger partial charge in [0.1, 0.15) is 5.75 Å². The zero-order chi connectivity index (χ0) is 10.0. The lowest BCUT2D eigenvalue weighted by Gasteiger charge is -2.04. The van der Waals surface area contributed by atoms with Crippen molar-refractivity contribution in [1.82, 2.24) is 0 Å². The summed E-state index contributed by atoms with van der Waals surface area (Å²) >= 11 is 0. The first-order chi connectivity index (χ1) is 6.06. The Morgan fingerprint density at radius 3 is 2.23 bits per heavy atom. The van der Waals surface area contributed by atoms with Gasteiger partial charge in [0.25, 0.3) is 0 Å². The fourth-order valence-corrected chi connectivity index (χ4v) is 0.899. The lowest BCUT2D eigenvalue weighted by Crippen LogP contribution is -2.13. The molecule has 0 unspecified atom stereocenters. The van der Waals surface area contributed by atoms with Gasteiger partial charge in [0.15, 0.2) is 17.3 Å². The van der Waals surface area contributed by atoms with Crippen LogP contribution < -0.4 is 5.73 Å². The van der Waals surface area contributed by atoms with Crippen LogP contribution in [0.5, 0.6) is 17.2 Å². The van der Waals surface area contributed by atoms with Gasteiger partial charge in [0.2, 0.25) is 0 Å². The Labute approximate surface area is 74.0 Å². The topological polar surface area (TPSA) is 104 Å². The van der Waals surface area contributed by atoms with E-state index in [1.54, 1.807) is 0 Å². The van der Waals surface area contributed by atoms with Crippen molar-refractivity contribution in [3.63, 3.8) is 0 Å². The Hall–Kier alpha value is -1.75. The Bertz CT molecular complexity index is 348. The molecule has 0 aliphatic carbocycles. The van der Waals surface area contributed by atoms with Crippen molar-refractivity contribution in [3.8, 4) is 17.2 Å². The maximum atomic E-state index is 11.0. The largest absolute Gasteiger partial charge is 0.507 e. The average molecular weight is 183 g/mol. The van der Waals surface area contributed by atoms with Crippen molar-refractivity contribution in [1.29, 1.82) is 0 Å². The highest BCUT2D eigenvalue weighted by Gasteiger charge is 2.12. The molecule has 5 nitrogen and oxygen atoms in total. The van der Waals surface area contributed by atoms with Crippen molar-refractivity contribution >= 4 is 5.78 Å².